The van der Waals surface area contributed by atoms with E-state index in [0.717, 1.165) is 16.8 Å². The molecule has 1 heterocycles. The fraction of sp³-hybridized carbons (Fsp3) is 0.0263. The van der Waals surface area contributed by atoms with E-state index in [1.54, 1.807) is 0 Å². The van der Waals surface area contributed by atoms with Crippen molar-refractivity contribution in [2.24, 2.45) is 0 Å². The number of rotatable bonds is 2. The van der Waals surface area contributed by atoms with Gasteiger partial charge in [0.1, 0.15) is 0 Å². The Morgan fingerprint density at radius 1 is 0.436 bits per heavy atom. The molecule has 8 aromatic rings. The second-order valence-electron chi connectivity index (χ2n) is 10.4. The molecule has 0 saturated heterocycles. The minimum Gasteiger partial charge on any atom is -0.247 e. The van der Waals surface area contributed by atoms with Crippen molar-refractivity contribution in [3.05, 3.63) is 139 Å². The van der Waals surface area contributed by atoms with Crippen LogP contribution in [-0.2, 0) is 0 Å². The van der Waals surface area contributed by atoms with Crippen LogP contribution in [0.2, 0.25) is 0 Å². The van der Waals surface area contributed by atoms with Crippen LogP contribution >= 0.6 is 0 Å². The van der Waals surface area contributed by atoms with Gasteiger partial charge in [0.25, 0.3) is 0 Å². The Morgan fingerprint density at radius 3 is 1.90 bits per heavy atom. The largest absolute Gasteiger partial charge is 0.247 e. The van der Waals surface area contributed by atoms with Gasteiger partial charge in [-0.05, 0) is 62.0 Å². The molecular weight excluding hydrogens is 470 g/mol. The van der Waals surface area contributed by atoms with Crippen LogP contribution in [0, 0.1) is 6.92 Å². The van der Waals surface area contributed by atoms with Gasteiger partial charge in [-0.15, -0.1) is 0 Å². The van der Waals surface area contributed by atoms with Gasteiger partial charge in [0, 0.05) is 21.7 Å². The highest BCUT2D eigenvalue weighted by Gasteiger charge is 2.15. The lowest BCUT2D eigenvalue weighted by Crippen LogP contribution is -1.93. The zero-order valence-electron chi connectivity index (χ0n) is 21.6. The van der Waals surface area contributed by atoms with Gasteiger partial charge in [-0.3, -0.25) is 0 Å². The molecule has 1 aromatic heterocycles. The van der Waals surface area contributed by atoms with E-state index in [1.165, 1.54) is 65.2 Å². The van der Waals surface area contributed by atoms with Gasteiger partial charge in [-0.25, -0.2) is 4.98 Å². The molecule has 0 fully saturated rings. The van der Waals surface area contributed by atoms with Crippen LogP contribution in [0.15, 0.2) is 133 Å². The Labute approximate surface area is 227 Å². The molecule has 1 nitrogen and oxygen atoms in total. The number of aromatic nitrogens is 1. The molecule has 0 saturated carbocycles. The summed E-state index contributed by atoms with van der Waals surface area (Å²) in [5.41, 5.74) is 6.91. The molecule has 0 radical (unpaired) electrons. The lowest BCUT2D eigenvalue weighted by Gasteiger charge is -2.15. The third-order valence-electron chi connectivity index (χ3n) is 8.15. The van der Waals surface area contributed by atoms with E-state index in [0.29, 0.717) is 0 Å². The summed E-state index contributed by atoms with van der Waals surface area (Å²) in [7, 11) is 0. The van der Waals surface area contributed by atoms with E-state index in [2.05, 4.69) is 140 Å². The van der Waals surface area contributed by atoms with E-state index in [1.807, 2.05) is 0 Å². The van der Waals surface area contributed by atoms with Gasteiger partial charge in [-0.1, -0.05) is 127 Å². The van der Waals surface area contributed by atoms with Gasteiger partial charge in [0.2, 0.25) is 0 Å². The molecule has 0 aliphatic carbocycles. The molecule has 1 heteroatoms. The average molecular weight is 496 g/mol. The smallest absolute Gasteiger partial charge is 0.0788 e. The molecule has 0 bridgehead atoms. The van der Waals surface area contributed by atoms with Crippen LogP contribution in [0.3, 0.4) is 0 Å². The molecule has 0 aliphatic heterocycles. The van der Waals surface area contributed by atoms with E-state index >= 15 is 0 Å². The highest BCUT2D eigenvalue weighted by molar-refractivity contribution is 6.22. The molecule has 0 unspecified atom stereocenters. The number of hydrogen-bond donors (Lipinski definition) is 0. The van der Waals surface area contributed by atoms with Crippen LogP contribution in [0.25, 0.3) is 76.4 Å². The molecular formula is C38H25N. The van der Waals surface area contributed by atoms with Crippen LogP contribution in [0.4, 0.5) is 0 Å². The quantitative estimate of drug-likeness (QED) is 0.217. The summed E-state index contributed by atoms with van der Waals surface area (Å²) in [4.78, 5) is 5.27. The topological polar surface area (TPSA) is 12.9 Å². The van der Waals surface area contributed by atoms with Crippen molar-refractivity contribution in [2.45, 2.75) is 6.92 Å². The summed E-state index contributed by atoms with van der Waals surface area (Å²) in [6.07, 6.45) is 0. The first-order valence-electron chi connectivity index (χ1n) is 13.5. The van der Waals surface area contributed by atoms with Crippen molar-refractivity contribution in [1.29, 1.82) is 0 Å². The van der Waals surface area contributed by atoms with Crippen LogP contribution < -0.4 is 0 Å². The zero-order chi connectivity index (χ0) is 25.9. The molecule has 182 valence electrons. The van der Waals surface area contributed by atoms with Crippen molar-refractivity contribution in [2.75, 3.05) is 0 Å². The van der Waals surface area contributed by atoms with Gasteiger partial charge >= 0.3 is 0 Å². The summed E-state index contributed by atoms with van der Waals surface area (Å²) in [6, 6.07) is 48.3. The van der Waals surface area contributed by atoms with E-state index in [4.69, 9.17) is 4.98 Å². The first-order chi connectivity index (χ1) is 19.3. The van der Waals surface area contributed by atoms with Crippen molar-refractivity contribution < 1.29 is 0 Å². The molecule has 0 atom stereocenters. The average Bonchev–Trinajstić information content (AvgIpc) is 3.00. The maximum Gasteiger partial charge on any atom is 0.0788 e. The predicted molar refractivity (Wildman–Crippen MR) is 167 cm³/mol. The molecule has 0 amide bonds. The van der Waals surface area contributed by atoms with Crippen molar-refractivity contribution >= 4 is 54.0 Å². The minimum atomic E-state index is 1.03. The van der Waals surface area contributed by atoms with E-state index in [9.17, 15) is 0 Å². The summed E-state index contributed by atoms with van der Waals surface area (Å²) in [5, 5.41) is 11.3. The number of hydrogen-bond acceptors (Lipinski definition) is 1. The monoisotopic (exact) mass is 495 g/mol. The molecule has 0 N–H and O–H groups in total. The molecule has 8 rings (SSSR count). The highest BCUT2D eigenvalue weighted by Crippen LogP contribution is 2.39. The van der Waals surface area contributed by atoms with Gasteiger partial charge in [0.15, 0.2) is 0 Å². The standard InChI is InChI=1S/C38H25N/c1-24-9-8-16-33-36-30-13-5-2-10-25(30)21-22-34(36)38(39-37(24)33)27-19-17-26(18-20-27)35-23-28-11-3-4-12-29(28)31-14-6-7-15-32(31)35/h2-23H,1H3. The van der Waals surface area contributed by atoms with Crippen LogP contribution in [0.1, 0.15) is 5.56 Å². The highest BCUT2D eigenvalue weighted by atomic mass is 14.7. The summed E-state index contributed by atoms with van der Waals surface area (Å²) < 4.78 is 0. The summed E-state index contributed by atoms with van der Waals surface area (Å²) in [5.74, 6) is 0. The lowest BCUT2D eigenvalue weighted by molar-refractivity contribution is 1.38. The second kappa shape index (κ2) is 8.51. The maximum atomic E-state index is 5.27. The number of fused-ring (bicyclic) bond motifs is 8. The van der Waals surface area contributed by atoms with Crippen molar-refractivity contribution in [3.63, 3.8) is 0 Å². The number of nitrogens with zero attached hydrogens (tertiary/aromatic N) is 1. The fourth-order valence-electron chi connectivity index (χ4n) is 6.26. The third kappa shape index (κ3) is 3.37. The summed E-state index contributed by atoms with van der Waals surface area (Å²) >= 11 is 0. The van der Waals surface area contributed by atoms with Crippen LogP contribution in [0.5, 0.6) is 0 Å². The Bertz CT molecular complexity index is 2220. The van der Waals surface area contributed by atoms with Crippen molar-refractivity contribution in [3.8, 4) is 22.4 Å². The van der Waals surface area contributed by atoms with Gasteiger partial charge < -0.3 is 0 Å². The minimum absolute atomic E-state index is 1.03. The van der Waals surface area contributed by atoms with E-state index < -0.39 is 0 Å². The second-order valence-corrected chi connectivity index (χ2v) is 10.4. The maximum absolute atomic E-state index is 5.27. The van der Waals surface area contributed by atoms with Gasteiger partial charge in [0.05, 0.1) is 11.2 Å². The van der Waals surface area contributed by atoms with Gasteiger partial charge in [-0.2, -0.15) is 0 Å². The fourth-order valence-corrected chi connectivity index (χ4v) is 6.26. The molecule has 39 heavy (non-hydrogen) atoms. The number of aryl methyl sites for hydroxylation is 1. The summed E-state index contributed by atoms with van der Waals surface area (Å²) in [6.45, 7) is 2.16. The third-order valence-corrected chi connectivity index (χ3v) is 8.15. The van der Waals surface area contributed by atoms with Crippen molar-refractivity contribution in [1.82, 2.24) is 4.98 Å². The Kier molecular flexibility index (Phi) is 4.80. The van der Waals surface area contributed by atoms with E-state index in [-0.39, 0.29) is 0 Å². The number of para-hydroxylation sites is 1. The lowest BCUT2D eigenvalue weighted by atomic mass is 9.91. The normalized spacial score (nSPS) is 11.7. The Balaban J connectivity index is 1.37. The first kappa shape index (κ1) is 22.0. The number of benzene rings is 7. The first-order valence-corrected chi connectivity index (χ1v) is 13.5. The van der Waals surface area contributed by atoms with Crippen LogP contribution in [-0.4, -0.2) is 4.98 Å². The molecule has 7 aromatic carbocycles. The molecule has 0 spiro atoms. The Morgan fingerprint density at radius 2 is 1.08 bits per heavy atom. The molecule has 0 aliphatic rings. The SMILES string of the molecule is Cc1cccc2c1nc(-c1ccc(-c3cc4ccccc4c4ccccc34)cc1)c1ccc3ccccc3c12. The predicted octanol–water partition coefficient (Wildman–Crippen LogP) is 10.5. The zero-order valence-corrected chi connectivity index (χ0v) is 21.6. The number of pyridine rings is 1. The Hall–Kier alpha value is -5.01.